The minimum atomic E-state index is -4.50. The standard InChI is InChI=1S/C21H21F3N4O3/c22-21(23,24)16-9-7-15(8-10-16)20(31)25-12-18(29)26-27-19(30)13-28-11-3-5-14-4-1-2-6-17(14)28/h1-2,4,6-10H,3,5,11-13H2,(H,25,31)(H,26,29)(H,27,30). The van der Waals surface area contributed by atoms with Gasteiger partial charge in [0, 0.05) is 17.8 Å². The molecule has 3 N–H and O–H groups in total. The summed E-state index contributed by atoms with van der Waals surface area (Å²) in [6, 6.07) is 11.4. The monoisotopic (exact) mass is 434 g/mol. The number of hydrogen-bond acceptors (Lipinski definition) is 4. The zero-order chi connectivity index (χ0) is 22.4. The lowest BCUT2D eigenvalue weighted by molar-refractivity contribution is -0.137. The zero-order valence-electron chi connectivity index (χ0n) is 16.5. The van der Waals surface area contributed by atoms with Crippen LogP contribution < -0.4 is 21.1 Å². The van der Waals surface area contributed by atoms with Crippen LogP contribution in [-0.2, 0) is 22.2 Å². The van der Waals surface area contributed by atoms with Gasteiger partial charge in [-0.3, -0.25) is 25.2 Å². The average Bonchev–Trinajstić information content (AvgIpc) is 2.76. The zero-order valence-corrected chi connectivity index (χ0v) is 16.5. The molecule has 10 heteroatoms. The first-order chi connectivity index (χ1) is 14.7. The Bertz CT molecular complexity index is 961. The van der Waals surface area contributed by atoms with E-state index in [0.717, 1.165) is 54.9 Å². The minimum absolute atomic E-state index is 0.0198. The van der Waals surface area contributed by atoms with Crippen molar-refractivity contribution in [3.05, 3.63) is 65.2 Å². The van der Waals surface area contributed by atoms with Crippen LogP contribution in [0.15, 0.2) is 48.5 Å². The van der Waals surface area contributed by atoms with E-state index in [4.69, 9.17) is 0 Å². The molecule has 1 aliphatic heterocycles. The first-order valence-corrected chi connectivity index (χ1v) is 9.60. The molecule has 3 amide bonds. The molecule has 0 fully saturated rings. The lowest BCUT2D eigenvalue weighted by Gasteiger charge is -2.30. The second kappa shape index (κ2) is 9.50. The maximum Gasteiger partial charge on any atom is 0.416 e. The Morgan fingerprint density at radius 3 is 2.32 bits per heavy atom. The summed E-state index contributed by atoms with van der Waals surface area (Å²) in [5, 5.41) is 2.28. The molecule has 31 heavy (non-hydrogen) atoms. The van der Waals surface area contributed by atoms with Crippen molar-refractivity contribution < 1.29 is 27.6 Å². The number of nitrogens with zero attached hydrogens (tertiary/aromatic N) is 1. The van der Waals surface area contributed by atoms with Gasteiger partial charge in [0.05, 0.1) is 18.7 Å². The molecular weight excluding hydrogens is 413 g/mol. The Balaban J connectivity index is 1.42. The quantitative estimate of drug-likeness (QED) is 0.629. The molecule has 0 atom stereocenters. The molecule has 0 saturated carbocycles. The SMILES string of the molecule is O=C(CNC(=O)c1ccc(C(F)(F)F)cc1)NNC(=O)CN1CCCc2ccccc21. The van der Waals surface area contributed by atoms with E-state index in [1.807, 2.05) is 29.2 Å². The third kappa shape index (κ3) is 5.97. The summed E-state index contributed by atoms with van der Waals surface area (Å²) in [6.07, 6.45) is -2.63. The Labute approximate surface area is 176 Å². The Kier molecular flexibility index (Phi) is 6.78. The van der Waals surface area contributed by atoms with Crippen molar-refractivity contribution in [3.8, 4) is 0 Å². The van der Waals surface area contributed by atoms with E-state index >= 15 is 0 Å². The van der Waals surface area contributed by atoms with Crippen molar-refractivity contribution in [1.29, 1.82) is 0 Å². The summed E-state index contributed by atoms with van der Waals surface area (Å²) in [5.41, 5.74) is 5.75. The molecule has 7 nitrogen and oxygen atoms in total. The number of halogens is 3. The van der Waals surface area contributed by atoms with E-state index < -0.39 is 36.0 Å². The van der Waals surface area contributed by atoms with Crippen LogP contribution in [0.4, 0.5) is 18.9 Å². The summed E-state index contributed by atoms with van der Waals surface area (Å²) < 4.78 is 37.7. The number of aryl methyl sites for hydroxylation is 1. The normalized spacial score (nSPS) is 13.2. The van der Waals surface area contributed by atoms with Gasteiger partial charge in [-0.05, 0) is 48.7 Å². The average molecular weight is 434 g/mol. The van der Waals surface area contributed by atoms with Crippen molar-refractivity contribution in [2.75, 3.05) is 24.5 Å². The summed E-state index contributed by atoms with van der Waals surface area (Å²) in [6.45, 7) is 0.337. The molecule has 0 spiro atoms. The summed E-state index contributed by atoms with van der Waals surface area (Å²) in [5.74, 6) is -1.80. The van der Waals surface area contributed by atoms with Crippen LogP contribution in [-0.4, -0.2) is 37.4 Å². The number of nitrogens with one attached hydrogen (secondary N) is 3. The van der Waals surface area contributed by atoms with E-state index in [9.17, 15) is 27.6 Å². The summed E-state index contributed by atoms with van der Waals surface area (Å²) >= 11 is 0. The maximum absolute atomic E-state index is 12.6. The highest BCUT2D eigenvalue weighted by Crippen LogP contribution is 2.29. The van der Waals surface area contributed by atoms with Crippen molar-refractivity contribution in [1.82, 2.24) is 16.2 Å². The van der Waals surface area contributed by atoms with Crippen LogP contribution in [0.25, 0.3) is 0 Å². The first kappa shape index (κ1) is 22.1. The van der Waals surface area contributed by atoms with Gasteiger partial charge in [0.15, 0.2) is 0 Å². The number of alkyl halides is 3. The highest BCUT2D eigenvalue weighted by atomic mass is 19.4. The number of benzene rings is 2. The van der Waals surface area contributed by atoms with Crippen LogP contribution in [0, 0.1) is 0 Å². The Hall–Kier alpha value is -3.56. The first-order valence-electron chi connectivity index (χ1n) is 9.60. The van der Waals surface area contributed by atoms with Gasteiger partial charge in [0.2, 0.25) is 0 Å². The number of hydrogen-bond donors (Lipinski definition) is 3. The van der Waals surface area contributed by atoms with Gasteiger partial charge in [-0.1, -0.05) is 18.2 Å². The highest BCUT2D eigenvalue weighted by molar-refractivity contribution is 5.96. The summed E-state index contributed by atoms with van der Waals surface area (Å²) in [7, 11) is 0. The van der Waals surface area contributed by atoms with E-state index in [1.54, 1.807) is 0 Å². The van der Waals surface area contributed by atoms with Crippen molar-refractivity contribution >= 4 is 23.4 Å². The summed E-state index contributed by atoms with van der Waals surface area (Å²) in [4.78, 5) is 37.9. The van der Waals surface area contributed by atoms with E-state index in [2.05, 4.69) is 16.2 Å². The second-order valence-corrected chi connectivity index (χ2v) is 7.01. The molecule has 0 unspecified atom stereocenters. The molecule has 2 aromatic carbocycles. The molecule has 0 radical (unpaired) electrons. The second-order valence-electron chi connectivity index (χ2n) is 7.01. The Morgan fingerprint density at radius 2 is 1.61 bits per heavy atom. The predicted octanol–water partition coefficient (Wildman–Crippen LogP) is 2.04. The number of rotatable bonds is 5. The number of fused-ring (bicyclic) bond motifs is 1. The van der Waals surface area contributed by atoms with Crippen molar-refractivity contribution in [2.24, 2.45) is 0 Å². The predicted molar refractivity (Wildman–Crippen MR) is 107 cm³/mol. The van der Waals surface area contributed by atoms with Gasteiger partial charge in [0.25, 0.3) is 17.7 Å². The van der Waals surface area contributed by atoms with Gasteiger partial charge in [-0.15, -0.1) is 0 Å². The van der Waals surface area contributed by atoms with E-state index in [-0.39, 0.29) is 12.1 Å². The van der Waals surface area contributed by atoms with Crippen LogP contribution >= 0.6 is 0 Å². The number of amides is 3. The molecule has 164 valence electrons. The van der Waals surface area contributed by atoms with Gasteiger partial charge >= 0.3 is 6.18 Å². The lowest BCUT2D eigenvalue weighted by Crippen LogP contribution is -2.49. The minimum Gasteiger partial charge on any atom is -0.362 e. The van der Waals surface area contributed by atoms with E-state index in [1.165, 1.54) is 0 Å². The van der Waals surface area contributed by atoms with Crippen molar-refractivity contribution in [2.45, 2.75) is 19.0 Å². The van der Waals surface area contributed by atoms with Gasteiger partial charge < -0.3 is 10.2 Å². The van der Waals surface area contributed by atoms with Gasteiger partial charge in [0.1, 0.15) is 0 Å². The van der Waals surface area contributed by atoms with Crippen molar-refractivity contribution in [3.63, 3.8) is 0 Å². The number of para-hydroxylation sites is 1. The molecule has 0 aliphatic carbocycles. The van der Waals surface area contributed by atoms with Crippen LogP contribution in [0.3, 0.4) is 0 Å². The molecular formula is C21H21F3N4O3. The number of carbonyl (C=O) groups excluding carboxylic acids is 3. The molecule has 0 aromatic heterocycles. The van der Waals surface area contributed by atoms with E-state index in [0.29, 0.717) is 0 Å². The fraction of sp³-hybridized carbons (Fsp3) is 0.286. The topological polar surface area (TPSA) is 90.5 Å². The van der Waals surface area contributed by atoms with Crippen LogP contribution in [0.2, 0.25) is 0 Å². The molecule has 0 bridgehead atoms. The molecule has 1 aliphatic rings. The number of carbonyl (C=O) groups is 3. The fourth-order valence-electron chi connectivity index (χ4n) is 3.25. The van der Waals surface area contributed by atoms with Gasteiger partial charge in [-0.25, -0.2) is 0 Å². The van der Waals surface area contributed by atoms with Gasteiger partial charge in [-0.2, -0.15) is 13.2 Å². The number of hydrazine groups is 1. The highest BCUT2D eigenvalue weighted by Gasteiger charge is 2.30. The third-order valence-electron chi connectivity index (χ3n) is 4.77. The Morgan fingerprint density at radius 1 is 0.935 bits per heavy atom. The molecule has 1 heterocycles. The number of anilines is 1. The fourth-order valence-corrected chi connectivity index (χ4v) is 3.25. The molecule has 2 aromatic rings. The molecule has 3 rings (SSSR count). The smallest absolute Gasteiger partial charge is 0.362 e. The van der Waals surface area contributed by atoms with Crippen LogP contribution in [0.1, 0.15) is 27.9 Å². The van der Waals surface area contributed by atoms with Crippen LogP contribution in [0.5, 0.6) is 0 Å². The largest absolute Gasteiger partial charge is 0.416 e. The molecule has 0 saturated heterocycles. The lowest BCUT2D eigenvalue weighted by atomic mass is 10.0. The maximum atomic E-state index is 12.6. The third-order valence-corrected chi connectivity index (χ3v) is 4.77.